The van der Waals surface area contributed by atoms with E-state index in [1.807, 2.05) is 11.8 Å². The van der Waals surface area contributed by atoms with Crippen LogP contribution in [0.2, 0.25) is 5.15 Å². The zero-order chi connectivity index (χ0) is 13.9. The number of carbonyl (C=O) groups is 1. The quantitative estimate of drug-likeness (QED) is 0.839. The molecule has 0 atom stereocenters. The highest BCUT2D eigenvalue weighted by Gasteiger charge is 2.33. The third-order valence-electron chi connectivity index (χ3n) is 3.59. The van der Waals surface area contributed by atoms with Gasteiger partial charge in [0.15, 0.2) is 0 Å². The molecule has 0 aliphatic heterocycles. The molecule has 19 heavy (non-hydrogen) atoms. The van der Waals surface area contributed by atoms with E-state index in [1.54, 1.807) is 6.07 Å². The molecule has 0 spiro atoms. The molecule has 3 N–H and O–H groups in total. The zero-order valence-electron chi connectivity index (χ0n) is 10.9. The lowest BCUT2D eigenvalue weighted by Gasteiger charge is -2.26. The van der Waals surface area contributed by atoms with Crippen molar-refractivity contribution in [2.45, 2.75) is 30.4 Å². The number of pyridine rings is 1. The molecule has 6 heteroatoms. The molecule has 104 valence electrons. The molecule has 1 fully saturated rings. The summed E-state index contributed by atoms with van der Waals surface area (Å²) in [6.07, 6.45) is 6.91. The topological polar surface area (TPSA) is 68.0 Å². The van der Waals surface area contributed by atoms with Crippen LogP contribution in [0, 0.1) is 0 Å². The lowest BCUT2D eigenvalue weighted by atomic mass is 10.1. The summed E-state index contributed by atoms with van der Waals surface area (Å²) in [5.41, 5.74) is 6.05. The Hall–Kier alpha value is -0.940. The molecule has 1 aliphatic rings. The molecule has 0 radical (unpaired) electrons. The predicted octanol–water partition coefficient (Wildman–Crippen LogP) is 2.72. The molecule has 1 heterocycles. The lowest BCUT2D eigenvalue weighted by Crippen LogP contribution is -2.38. The van der Waals surface area contributed by atoms with Gasteiger partial charge < -0.3 is 11.1 Å². The fourth-order valence-corrected chi connectivity index (χ4v) is 3.59. The molecule has 0 saturated heterocycles. The van der Waals surface area contributed by atoms with Crippen LogP contribution in [0.1, 0.15) is 36.0 Å². The maximum atomic E-state index is 12.1. The number of hydrogen-bond donors (Lipinski definition) is 2. The van der Waals surface area contributed by atoms with Gasteiger partial charge in [-0.15, -0.1) is 0 Å². The highest BCUT2D eigenvalue weighted by Crippen LogP contribution is 2.39. The van der Waals surface area contributed by atoms with Crippen molar-refractivity contribution in [2.24, 2.45) is 0 Å². The van der Waals surface area contributed by atoms with Gasteiger partial charge in [0.05, 0.1) is 0 Å². The van der Waals surface area contributed by atoms with Crippen molar-refractivity contribution in [1.82, 2.24) is 10.3 Å². The minimum absolute atomic E-state index is 0.142. The molecule has 1 aromatic rings. The summed E-state index contributed by atoms with van der Waals surface area (Å²) < 4.78 is 0.192. The molecule has 4 nitrogen and oxygen atoms in total. The number of amides is 1. The summed E-state index contributed by atoms with van der Waals surface area (Å²) in [6, 6.07) is 3.08. The fourth-order valence-electron chi connectivity index (χ4n) is 2.46. The summed E-state index contributed by atoms with van der Waals surface area (Å²) in [7, 11) is 0. The lowest BCUT2D eigenvalue weighted by molar-refractivity contribution is 0.0949. The van der Waals surface area contributed by atoms with Crippen molar-refractivity contribution >= 4 is 35.1 Å². The van der Waals surface area contributed by atoms with Crippen LogP contribution in [0.15, 0.2) is 12.1 Å². The van der Waals surface area contributed by atoms with E-state index in [0.717, 1.165) is 12.8 Å². The fraction of sp³-hybridized carbons (Fsp3) is 0.538. The standard InChI is InChI=1S/C13H18ClN3OS/c1-19-13(4-2-3-5-13)8-16-12(18)9-6-10(14)17-11(15)7-9/h6-7H,2-5,8H2,1H3,(H2,15,17)(H,16,18). The maximum Gasteiger partial charge on any atom is 0.251 e. The summed E-state index contributed by atoms with van der Waals surface area (Å²) in [6.45, 7) is 0.687. The van der Waals surface area contributed by atoms with Gasteiger partial charge >= 0.3 is 0 Å². The number of rotatable bonds is 4. The van der Waals surface area contributed by atoms with Crippen LogP contribution in [-0.4, -0.2) is 28.4 Å². The van der Waals surface area contributed by atoms with Crippen LogP contribution in [-0.2, 0) is 0 Å². The molecule has 1 amide bonds. The Bertz CT molecular complexity index is 455. The number of hydrogen-bond acceptors (Lipinski definition) is 4. The van der Waals surface area contributed by atoms with Gasteiger partial charge in [0.25, 0.3) is 5.91 Å². The molecule has 2 rings (SSSR count). The summed E-state index contributed by atoms with van der Waals surface area (Å²) in [5, 5.41) is 3.23. The Morgan fingerprint density at radius 1 is 1.53 bits per heavy atom. The average molecular weight is 300 g/mol. The molecular formula is C13H18ClN3OS. The van der Waals surface area contributed by atoms with Crippen LogP contribution in [0.5, 0.6) is 0 Å². The van der Waals surface area contributed by atoms with E-state index in [2.05, 4.69) is 16.6 Å². The van der Waals surface area contributed by atoms with E-state index in [-0.39, 0.29) is 21.6 Å². The average Bonchev–Trinajstić information content (AvgIpc) is 2.84. The van der Waals surface area contributed by atoms with Gasteiger partial charge in [-0.2, -0.15) is 11.8 Å². The van der Waals surface area contributed by atoms with Gasteiger partial charge in [-0.25, -0.2) is 4.98 Å². The number of thioether (sulfide) groups is 1. The first-order valence-corrected chi connectivity index (χ1v) is 7.91. The Morgan fingerprint density at radius 3 is 2.79 bits per heavy atom. The number of nitrogens with one attached hydrogen (secondary N) is 1. The second kappa shape index (κ2) is 6.01. The Morgan fingerprint density at radius 2 is 2.21 bits per heavy atom. The van der Waals surface area contributed by atoms with Gasteiger partial charge in [-0.1, -0.05) is 24.4 Å². The summed E-state index contributed by atoms with van der Waals surface area (Å²) >= 11 is 7.65. The Kier molecular flexibility index (Phi) is 4.58. The van der Waals surface area contributed by atoms with Crippen LogP contribution >= 0.6 is 23.4 Å². The van der Waals surface area contributed by atoms with Crippen molar-refractivity contribution in [3.05, 3.63) is 22.8 Å². The zero-order valence-corrected chi connectivity index (χ0v) is 12.5. The molecule has 0 aromatic carbocycles. The normalized spacial score (nSPS) is 17.4. The Labute approximate surface area is 122 Å². The number of aromatic nitrogens is 1. The first-order valence-electron chi connectivity index (χ1n) is 6.31. The molecule has 0 unspecified atom stereocenters. The van der Waals surface area contributed by atoms with Crippen LogP contribution in [0.25, 0.3) is 0 Å². The molecule has 1 aliphatic carbocycles. The highest BCUT2D eigenvalue weighted by molar-refractivity contribution is 8.00. The van der Waals surface area contributed by atoms with Crippen molar-refractivity contribution in [2.75, 3.05) is 18.5 Å². The smallest absolute Gasteiger partial charge is 0.251 e. The number of halogens is 1. The van der Waals surface area contributed by atoms with Crippen molar-refractivity contribution in [3.8, 4) is 0 Å². The van der Waals surface area contributed by atoms with Crippen LogP contribution < -0.4 is 11.1 Å². The molecule has 0 bridgehead atoms. The van der Waals surface area contributed by atoms with Crippen LogP contribution in [0.4, 0.5) is 5.82 Å². The van der Waals surface area contributed by atoms with Crippen molar-refractivity contribution < 1.29 is 4.79 Å². The monoisotopic (exact) mass is 299 g/mol. The minimum atomic E-state index is -0.142. The third kappa shape index (κ3) is 3.54. The van der Waals surface area contributed by atoms with E-state index in [0.29, 0.717) is 12.1 Å². The summed E-state index contributed by atoms with van der Waals surface area (Å²) in [4.78, 5) is 15.9. The van der Waals surface area contributed by atoms with Gasteiger partial charge in [-0.3, -0.25) is 4.79 Å². The second-order valence-electron chi connectivity index (χ2n) is 4.88. The first-order chi connectivity index (χ1) is 9.04. The third-order valence-corrected chi connectivity index (χ3v) is 5.21. The van der Waals surface area contributed by atoms with Gasteiger partial charge in [-0.05, 0) is 31.2 Å². The molecule has 1 saturated carbocycles. The van der Waals surface area contributed by atoms with Gasteiger partial charge in [0.1, 0.15) is 11.0 Å². The second-order valence-corrected chi connectivity index (χ2v) is 6.54. The number of nitrogen functional groups attached to an aromatic ring is 1. The predicted molar refractivity (Wildman–Crippen MR) is 80.7 cm³/mol. The number of nitrogens with zero attached hydrogens (tertiary/aromatic N) is 1. The molecular weight excluding hydrogens is 282 g/mol. The van der Waals surface area contributed by atoms with Crippen molar-refractivity contribution in [1.29, 1.82) is 0 Å². The largest absolute Gasteiger partial charge is 0.384 e. The number of carbonyl (C=O) groups excluding carboxylic acids is 1. The number of nitrogens with two attached hydrogens (primary N) is 1. The van der Waals surface area contributed by atoms with E-state index in [4.69, 9.17) is 17.3 Å². The maximum absolute atomic E-state index is 12.1. The van der Waals surface area contributed by atoms with Gasteiger partial charge in [0, 0.05) is 16.9 Å². The van der Waals surface area contributed by atoms with Crippen molar-refractivity contribution in [3.63, 3.8) is 0 Å². The number of anilines is 1. The first kappa shape index (κ1) is 14.5. The molecule has 1 aromatic heterocycles. The van der Waals surface area contributed by atoms with Crippen LogP contribution in [0.3, 0.4) is 0 Å². The van der Waals surface area contributed by atoms with E-state index in [9.17, 15) is 4.79 Å². The van der Waals surface area contributed by atoms with E-state index < -0.39 is 0 Å². The van der Waals surface area contributed by atoms with E-state index in [1.165, 1.54) is 18.9 Å². The van der Waals surface area contributed by atoms with E-state index >= 15 is 0 Å². The highest BCUT2D eigenvalue weighted by atomic mass is 35.5. The Balaban J connectivity index is 2.01. The summed E-state index contributed by atoms with van der Waals surface area (Å²) in [5.74, 6) is 0.120. The minimum Gasteiger partial charge on any atom is -0.384 e. The van der Waals surface area contributed by atoms with Gasteiger partial charge in [0.2, 0.25) is 0 Å². The SMILES string of the molecule is CSC1(CNC(=O)c2cc(N)nc(Cl)c2)CCCC1.